The molecule has 2 aliphatic rings. The van der Waals surface area contributed by atoms with Crippen LogP contribution in [0.1, 0.15) is 30.9 Å². The maximum absolute atomic E-state index is 13.0. The van der Waals surface area contributed by atoms with Crippen molar-refractivity contribution in [2.75, 3.05) is 34.7 Å². The number of ether oxygens (including phenoxy) is 8. The van der Waals surface area contributed by atoms with Crippen LogP contribution in [0.4, 0.5) is 0 Å². The van der Waals surface area contributed by atoms with Crippen LogP contribution in [-0.2, 0) is 23.9 Å². The van der Waals surface area contributed by atoms with Crippen molar-refractivity contribution >= 4 is 17.9 Å². The highest BCUT2D eigenvalue weighted by molar-refractivity contribution is 5.94. The van der Waals surface area contributed by atoms with E-state index in [1.54, 1.807) is 18.2 Å². The van der Waals surface area contributed by atoms with Crippen LogP contribution in [-0.4, -0.2) is 52.6 Å². The summed E-state index contributed by atoms with van der Waals surface area (Å²) in [6, 6.07) is 6.30. The van der Waals surface area contributed by atoms with E-state index in [2.05, 4.69) is 0 Å². The van der Waals surface area contributed by atoms with Crippen LogP contribution in [0.5, 0.6) is 34.5 Å². The van der Waals surface area contributed by atoms with Crippen LogP contribution in [0, 0.1) is 0 Å². The first kappa shape index (κ1) is 24.7. The minimum absolute atomic E-state index is 0.0181. The van der Waals surface area contributed by atoms with Gasteiger partial charge < -0.3 is 37.9 Å². The van der Waals surface area contributed by atoms with E-state index in [0.717, 1.165) is 0 Å². The normalized spacial score (nSPS) is 14.8. The van der Waals surface area contributed by atoms with E-state index >= 15 is 0 Å². The number of benzene rings is 2. The van der Waals surface area contributed by atoms with Crippen LogP contribution in [0.3, 0.4) is 0 Å². The van der Waals surface area contributed by atoms with Crippen LogP contribution < -0.4 is 28.4 Å². The summed E-state index contributed by atoms with van der Waals surface area (Å²) in [6.07, 6.45) is 0. The monoisotopic (exact) mass is 500 g/mol. The van der Waals surface area contributed by atoms with Crippen LogP contribution in [0.15, 0.2) is 35.6 Å². The Balaban J connectivity index is 2.02. The van der Waals surface area contributed by atoms with Gasteiger partial charge in [-0.05, 0) is 23.8 Å². The molecule has 0 amide bonds. The van der Waals surface area contributed by atoms with Crippen molar-refractivity contribution in [3.05, 3.63) is 46.7 Å². The Hall–Kier alpha value is -4.41. The Labute approximate surface area is 206 Å². The van der Waals surface area contributed by atoms with Gasteiger partial charge in [0, 0.05) is 31.4 Å². The maximum Gasteiger partial charge on any atom is 0.338 e. The first-order chi connectivity index (χ1) is 17.3. The van der Waals surface area contributed by atoms with Crippen molar-refractivity contribution in [2.24, 2.45) is 0 Å². The number of fused-ring (bicyclic) bond motifs is 1. The minimum Gasteiger partial charge on any atom is -0.497 e. The molecule has 0 spiro atoms. The van der Waals surface area contributed by atoms with Crippen LogP contribution in [0.25, 0.3) is 0 Å². The highest BCUT2D eigenvalue weighted by Gasteiger charge is 2.38. The number of esters is 3. The third-order valence-corrected chi connectivity index (χ3v) is 5.52. The fourth-order valence-corrected chi connectivity index (χ4v) is 4.07. The van der Waals surface area contributed by atoms with Gasteiger partial charge in [0.05, 0.1) is 26.9 Å². The molecule has 11 heteroatoms. The summed E-state index contributed by atoms with van der Waals surface area (Å²) in [5, 5.41) is 0. The highest BCUT2D eigenvalue weighted by Crippen LogP contribution is 2.49. The fraction of sp³-hybridized carbons (Fsp3) is 0.320. The second-order valence-corrected chi connectivity index (χ2v) is 7.74. The number of methoxy groups -OCH3 is 3. The molecule has 190 valence electrons. The summed E-state index contributed by atoms with van der Waals surface area (Å²) in [5.41, 5.74) is 1.03. The fourth-order valence-electron chi connectivity index (χ4n) is 4.07. The number of hydrogen-bond acceptors (Lipinski definition) is 11. The molecule has 1 atom stereocenters. The largest absolute Gasteiger partial charge is 0.497 e. The van der Waals surface area contributed by atoms with Gasteiger partial charge in [0.15, 0.2) is 23.0 Å². The smallest absolute Gasteiger partial charge is 0.338 e. The van der Waals surface area contributed by atoms with Gasteiger partial charge in [-0.3, -0.25) is 9.59 Å². The molecule has 2 aliphatic heterocycles. The predicted molar refractivity (Wildman–Crippen MR) is 122 cm³/mol. The van der Waals surface area contributed by atoms with Gasteiger partial charge in [-0.25, -0.2) is 4.79 Å². The molecule has 0 fully saturated rings. The lowest BCUT2D eigenvalue weighted by molar-refractivity contribution is -0.136. The van der Waals surface area contributed by atoms with Crippen molar-refractivity contribution in [1.82, 2.24) is 0 Å². The molecule has 2 heterocycles. The van der Waals surface area contributed by atoms with E-state index in [1.165, 1.54) is 41.2 Å². The van der Waals surface area contributed by atoms with E-state index in [9.17, 15) is 14.4 Å². The third kappa shape index (κ3) is 4.59. The summed E-state index contributed by atoms with van der Waals surface area (Å²) >= 11 is 0. The zero-order valence-electron chi connectivity index (χ0n) is 20.3. The van der Waals surface area contributed by atoms with Crippen LogP contribution >= 0.6 is 0 Å². The molecule has 0 aliphatic carbocycles. The molecule has 36 heavy (non-hydrogen) atoms. The highest BCUT2D eigenvalue weighted by atomic mass is 16.7. The quantitative estimate of drug-likeness (QED) is 0.392. The molecule has 4 rings (SSSR count). The summed E-state index contributed by atoms with van der Waals surface area (Å²) < 4.78 is 43.5. The number of hydrogen-bond donors (Lipinski definition) is 0. The molecule has 0 aromatic heterocycles. The standard InChI is InChI=1S/C25H24O11/c1-12(26)35-16-9-18-17(33-11-34-18)8-15(16)22(23-21(31-5)10-32-25(23)28)14-6-19(29-3)24(36-13(2)27)20(7-14)30-4/h6-9,22H,10-11H2,1-5H3/t22-/m1/s1. The lowest BCUT2D eigenvalue weighted by Gasteiger charge is -2.23. The third-order valence-electron chi connectivity index (χ3n) is 5.52. The molecule has 2 aromatic rings. The molecule has 0 bridgehead atoms. The van der Waals surface area contributed by atoms with Crippen molar-refractivity contribution in [1.29, 1.82) is 0 Å². The molecule has 0 N–H and O–H groups in total. The number of carbonyl (C=O) groups excluding carboxylic acids is 3. The second kappa shape index (κ2) is 10.1. The minimum atomic E-state index is -0.895. The Morgan fingerprint density at radius 3 is 1.97 bits per heavy atom. The molecule has 0 saturated carbocycles. The average Bonchev–Trinajstić information content (AvgIpc) is 3.45. The molecule has 2 aromatic carbocycles. The summed E-state index contributed by atoms with van der Waals surface area (Å²) in [6.45, 7) is 2.41. The molecule has 0 saturated heterocycles. The Kier molecular flexibility index (Phi) is 6.91. The summed E-state index contributed by atoms with van der Waals surface area (Å²) in [7, 11) is 4.22. The topological polar surface area (TPSA) is 125 Å². The van der Waals surface area contributed by atoms with Gasteiger partial charge in [0.2, 0.25) is 12.5 Å². The Morgan fingerprint density at radius 1 is 0.806 bits per heavy atom. The number of carbonyl (C=O) groups is 3. The first-order valence-corrected chi connectivity index (χ1v) is 10.8. The zero-order chi connectivity index (χ0) is 26.0. The predicted octanol–water partition coefficient (Wildman–Crippen LogP) is 2.87. The molecule has 0 radical (unpaired) electrons. The number of cyclic esters (lactones) is 1. The summed E-state index contributed by atoms with van der Waals surface area (Å²) in [5.74, 6) is -1.06. The van der Waals surface area contributed by atoms with Gasteiger partial charge in [0.25, 0.3) is 0 Å². The van der Waals surface area contributed by atoms with Gasteiger partial charge in [-0.1, -0.05) is 0 Å². The molecule has 11 nitrogen and oxygen atoms in total. The first-order valence-electron chi connectivity index (χ1n) is 10.8. The molecular weight excluding hydrogens is 476 g/mol. The molecule has 0 unspecified atom stereocenters. The lowest BCUT2D eigenvalue weighted by Crippen LogP contribution is -2.15. The maximum atomic E-state index is 13.0. The van der Waals surface area contributed by atoms with E-state index in [1.807, 2.05) is 0 Å². The van der Waals surface area contributed by atoms with Crippen molar-refractivity contribution < 1.29 is 52.3 Å². The van der Waals surface area contributed by atoms with Gasteiger partial charge in [-0.2, -0.15) is 0 Å². The second-order valence-electron chi connectivity index (χ2n) is 7.74. The van der Waals surface area contributed by atoms with E-state index in [0.29, 0.717) is 28.4 Å². The Bertz CT molecular complexity index is 1240. The zero-order valence-corrected chi connectivity index (χ0v) is 20.3. The number of rotatable bonds is 8. The Morgan fingerprint density at radius 2 is 1.42 bits per heavy atom. The summed E-state index contributed by atoms with van der Waals surface area (Å²) in [4.78, 5) is 36.6. The SMILES string of the molecule is COC1=C([C@H](c2cc(OC)c(OC(C)=O)c(OC)c2)c2cc3c(cc2OC(C)=O)OCO3)C(=O)OC1. The molecular formula is C25H24O11. The van der Waals surface area contributed by atoms with Gasteiger partial charge in [-0.15, -0.1) is 0 Å². The van der Waals surface area contributed by atoms with E-state index in [4.69, 9.17) is 37.9 Å². The van der Waals surface area contributed by atoms with Crippen molar-refractivity contribution in [2.45, 2.75) is 19.8 Å². The van der Waals surface area contributed by atoms with Gasteiger partial charge in [0.1, 0.15) is 18.1 Å². The van der Waals surface area contributed by atoms with Crippen LogP contribution in [0.2, 0.25) is 0 Å². The van der Waals surface area contributed by atoms with Crippen molar-refractivity contribution in [3.8, 4) is 34.5 Å². The average molecular weight is 500 g/mol. The van der Waals surface area contributed by atoms with Crippen molar-refractivity contribution in [3.63, 3.8) is 0 Å². The van der Waals surface area contributed by atoms with Gasteiger partial charge >= 0.3 is 17.9 Å². The lowest BCUT2D eigenvalue weighted by atomic mass is 9.83. The van der Waals surface area contributed by atoms with E-state index in [-0.39, 0.29) is 42.0 Å². The van der Waals surface area contributed by atoms with E-state index < -0.39 is 23.8 Å².